The molecule has 0 radical (unpaired) electrons. The molecule has 0 bridgehead atoms. The van der Waals surface area contributed by atoms with Gasteiger partial charge in [0.2, 0.25) is 0 Å². The second-order valence-corrected chi connectivity index (χ2v) is 3.96. The van der Waals surface area contributed by atoms with Crippen molar-refractivity contribution < 1.29 is 14.7 Å². The summed E-state index contributed by atoms with van der Waals surface area (Å²) in [6.45, 7) is 6.97. The second-order valence-electron chi connectivity index (χ2n) is 3.96. The average Bonchev–Trinajstić information content (AvgIpc) is 1.83. The molecule has 12 heavy (non-hydrogen) atoms. The van der Waals surface area contributed by atoms with Gasteiger partial charge in [-0.1, -0.05) is 27.7 Å². The third-order valence-electron chi connectivity index (χ3n) is 1.78. The molecule has 0 aliphatic rings. The molecule has 1 N–H and O–H groups in total. The van der Waals surface area contributed by atoms with Crippen LogP contribution >= 0.6 is 0 Å². The summed E-state index contributed by atoms with van der Waals surface area (Å²) in [5, 5.41) is 8.79. The number of ketones is 1. The van der Waals surface area contributed by atoms with Gasteiger partial charge in [0.15, 0.2) is 0 Å². The van der Waals surface area contributed by atoms with E-state index in [4.69, 9.17) is 5.11 Å². The number of Topliss-reactive ketones (excluding diaryl/α,β-unsaturated/α-hetero) is 1. The Hall–Kier alpha value is -0.860. The lowest BCUT2D eigenvalue weighted by Gasteiger charge is -2.25. The Kier molecular flexibility index (Phi) is 3.43. The van der Waals surface area contributed by atoms with Gasteiger partial charge in [-0.25, -0.2) is 0 Å². The number of carboxylic acid groups (broad SMARTS) is 1. The lowest BCUT2D eigenvalue weighted by Crippen LogP contribution is -2.35. The van der Waals surface area contributed by atoms with Crippen LogP contribution in [-0.2, 0) is 9.59 Å². The molecule has 1 unspecified atom stereocenters. The average molecular weight is 172 g/mol. The molecule has 0 aromatic rings. The van der Waals surface area contributed by atoms with Crippen LogP contribution in [0, 0.1) is 11.3 Å². The highest BCUT2D eigenvalue weighted by Gasteiger charge is 2.36. The van der Waals surface area contributed by atoms with Crippen molar-refractivity contribution >= 4 is 11.8 Å². The fourth-order valence-electron chi connectivity index (χ4n) is 1.20. The van der Waals surface area contributed by atoms with Gasteiger partial charge in [0, 0.05) is 6.42 Å². The summed E-state index contributed by atoms with van der Waals surface area (Å²) < 4.78 is 0. The molecular weight excluding hydrogens is 156 g/mol. The van der Waals surface area contributed by atoms with Gasteiger partial charge in [-0.3, -0.25) is 9.59 Å². The number of carboxylic acids is 1. The van der Waals surface area contributed by atoms with Crippen LogP contribution in [-0.4, -0.2) is 16.9 Å². The Balaban J connectivity index is 4.68. The maximum atomic E-state index is 11.2. The fourth-order valence-corrected chi connectivity index (χ4v) is 1.20. The van der Waals surface area contributed by atoms with Crippen LogP contribution in [0.3, 0.4) is 0 Å². The summed E-state index contributed by atoms with van der Waals surface area (Å²) in [5.74, 6) is -2.09. The van der Waals surface area contributed by atoms with Crippen LogP contribution in [0.25, 0.3) is 0 Å². The molecule has 1 atom stereocenters. The zero-order valence-electron chi connectivity index (χ0n) is 8.05. The van der Waals surface area contributed by atoms with Crippen molar-refractivity contribution in [1.82, 2.24) is 0 Å². The number of hydrogen-bond donors (Lipinski definition) is 1. The van der Waals surface area contributed by atoms with Gasteiger partial charge < -0.3 is 5.11 Å². The number of aliphatic carboxylic acids is 1. The van der Waals surface area contributed by atoms with Crippen LogP contribution < -0.4 is 0 Å². The molecular formula is C9H16O3. The molecule has 0 aromatic heterocycles. The summed E-state index contributed by atoms with van der Waals surface area (Å²) in [6, 6.07) is 0. The number of hydrogen-bond acceptors (Lipinski definition) is 2. The summed E-state index contributed by atoms with van der Waals surface area (Å²) in [6.07, 6.45) is 0.286. The summed E-state index contributed by atoms with van der Waals surface area (Å²) >= 11 is 0. The van der Waals surface area contributed by atoms with Crippen molar-refractivity contribution in [1.29, 1.82) is 0 Å². The van der Waals surface area contributed by atoms with Gasteiger partial charge in [0.1, 0.15) is 11.7 Å². The Morgan fingerprint density at radius 1 is 1.33 bits per heavy atom. The third kappa shape index (κ3) is 2.64. The van der Waals surface area contributed by atoms with Crippen molar-refractivity contribution in [2.24, 2.45) is 11.3 Å². The van der Waals surface area contributed by atoms with Crippen LogP contribution in [0.2, 0.25) is 0 Å². The normalized spacial score (nSPS) is 14.0. The Morgan fingerprint density at radius 3 is 1.83 bits per heavy atom. The maximum absolute atomic E-state index is 11.2. The highest BCUT2D eigenvalue weighted by molar-refractivity contribution is 5.98. The van der Waals surface area contributed by atoms with Crippen molar-refractivity contribution in [3.63, 3.8) is 0 Å². The molecule has 0 rings (SSSR count). The Labute approximate surface area is 72.8 Å². The zero-order chi connectivity index (χ0) is 9.94. The molecule has 70 valence electrons. The van der Waals surface area contributed by atoms with Crippen molar-refractivity contribution in [2.75, 3.05) is 0 Å². The van der Waals surface area contributed by atoms with E-state index < -0.39 is 17.3 Å². The minimum Gasteiger partial charge on any atom is -0.481 e. The fraction of sp³-hybridized carbons (Fsp3) is 0.778. The lowest BCUT2D eigenvalue weighted by atomic mass is 9.77. The van der Waals surface area contributed by atoms with Crippen LogP contribution in [0.4, 0.5) is 0 Å². The zero-order valence-corrected chi connectivity index (χ0v) is 8.05. The van der Waals surface area contributed by atoms with Crippen LogP contribution in [0.5, 0.6) is 0 Å². The van der Waals surface area contributed by atoms with E-state index in [1.54, 1.807) is 27.7 Å². The van der Waals surface area contributed by atoms with Crippen molar-refractivity contribution in [2.45, 2.75) is 34.1 Å². The largest absolute Gasteiger partial charge is 0.481 e. The summed E-state index contributed by atoms with van der Waals surface area (Å²) in [4.78, 5) is 21.9. The van der Waals surface area contributed by atoms with Gasteiger partial charge in [0.25, 0.3) is 0 Å². The molecule has 0 amide bonds. The van der Waals surface area contributed by atoms with Crippen LogP contribution in [0.15, 0.2) is 0 Å². The molecule has 3 heteroatoms. The smallest absolute Gasteiger partial charge is 0.314 e. The molecule has 0 saturated carbocycles. The topological polar surface area (TPSA) is 54.4 Å². The van der Waals surface area contributed by atoms with E-state index in [1.165, 1.54) is 0 Å². The minimum absolute atomic E-state index is 0.199. The molecule has 0 heterocycles. The van der Waals surface area contributed by atoms with E-state index in [2.05, 4.69) is 0 Å². The first kappa shape index (κ1) is 11.1. The monoisotopic (exact) mass is 172 g/mol. The lowest BCUT2D eigenvalue weighted by molar-refractivity contribution is -0.150. The molecule has 0 aliphatic heterocycles. The van der Waals surface area contributed by atoms with E-state index in [9.17, 15) is 9.59 Å². The quantitative estimate of drug-likeness (QED) is 0.659. The predicted octanol–water partition coefficient (Wildman–Crippen LogP) is 1.71. The minimum atomic E-state index is -1.02. The molecule has 0 aromatic carbocycles. The highest BCUT2D eigenvalue weighted by atomic mass is 16.4. The summed E-state index contributed by atoms with van der Waals surface area (Å²) in [5.41, 5.74) is -0.487. The van der Waals surface area contributed by atoms with E-state index >= 15 is 0 Å². The number of carbonyl (C=O) groups excluding carboxylic acids is 1. The molecule has 0 saturated heterocycles. The first-order valence-corrected chi connectivity index (χ1v) is 4.06. The van der Waals surface area contributed by atoms with Gasteiger partial charge >= 0.3 is 5.97 Å². The first-order valence-electron chi connectivity index (χ1n) is 4.06. The van der Waals surface area contributed by atoms with E-state index in [0.29, 0.717) is 0 Å². The molecule has 0 fully saturated rings. The third-order valence-corrected chi connectivity index (χ3v) is 1.78. The van der Waals surface area contributed by atoms with E-state index in [-0.39, 0.29) is 12.2 Å². The number of rotatable bonds is 3. The predicted molar refractivity (Wildman–Crippen MR) is 45.9 cm³/mol. The SMILES string of the molecule is CCC(=O)C(C(=O)O)C(C)(C)C. The van der Waals surface area contributed by atoms with Crippen LogP contribution in [0.1, 0.15) is 34.1 Å². The first-order chi connectivity index (χ1) is 5.30. The molecule has 0 aliphatic carbocycles. The van der Waals surface area contributed by atoms with Crippen molar-refractivity contribution in [3.8, 4) is 0 Å². The van der Waals surface area contributed by atoms with Gasteiger partial charge in [-0.2, -0.15) is 0 Å². The second kappa shape index (κ2) is 3.70. The van der Waals surface area contributed by atoms with Crippen molar-refractivity contribution in [3.05, 3.63) is 0 Å². The summed E-state index contributed by atoms with van der Waals surface area (Å²) in [7, 11) is 0. The van der Waals surface area contributed by atoms with E-state index in [1.807, 2.05) is 0 Å². The Morgan fingerprint density at radius 2 is 1.75 bits per heavy atom. The van der Waals surface area contributed by atoms with Gasteiger partial charge in [0.05, 0.1) is 0 Å². The van der Waals surface area contributed by atoms with Gasteiger partial charge in [-0.15, -0.1) is 0 Å². The standard InChI is InChI=1S/C9H16O3/c1-5-6(10)7(8(11)12)9(2,3)4/h7H,5H2,1-4H3,(H,11,12). The maximum Gasteiger partial charge on any atom is 0.314 e. The highest BCUT2D eigenvalue weighted by Crippen LogP contribution is 2.27. The Bertz CT molecular complexity index is 188. The van der Waals surface area contributed by atoms with Gasteiger partial charge in [-0.05, 0) is 5.41 Å². The van der Waals surface area contributed by atoms with E-state index in [0.717, 1.165) is 0 Å². The number of carbonyl (C=O) groups is 2. The molecule has 3 nitrogen and oxygen atoms in total. The molecule has 0 spiro atoms.